The van der Waals surface area contributed by atoms with Gasteiger partial charge in [0.15, 0.2) is 5.78 Å². The van der Waals surface area contributed by atoms with Gasteiger partial charge in [0.1, 0.15) is 11.5 Å². The Morgan fingerprint density at radius 2 is 1.71 bits per heavy atom. The first kappa shape index (κ1) is 18.9. The van der Waals surface area contributed by atoms with Gasteiger partial charge in [-0.2, -0.15) is 0 Å². The van der Waals surface area contributed by atoms with Gasteiger partial charge in [0.25, 0.3) is 5.69 Å². The van der Waals surface area contributed by atoms with Gasteiger partial charge in [-0.3, -0.25) is 14.9 Å². The van der Waals surface area contributed by atoms with Crippen LogP contribution in [0.15, 0.2) is 54.6 Å². The molecule has 0 saturated heterocycles. The molecule has 0 radical (unpaired) electrons. The molecule has 3 aromatic rings. The van der Waals surface area contributed by atoms with E-state index in [4.69, 9.17) is 9.47 Å². The first-order valence-electron chi connectivity index (χ1n) is 8.26. The van der Waals surface area contributed by atoms with Crippen LogP contribution < -0.4 is 14.6 Å². The quantitative estimate of drug-likeness (QED) is 0.280. The minimum absolute atomic E-state index is 0.152. The van der Waals surface area contributed by atoms with Crippen molar-refractivity contribution >= 4 is 28.3 Å². The molecule has 0 aliphatic rings. The van der Waals surface area contributed by atoms with Crippen molar-refractivity contribution in [3.05, 3.63) is 75.8 Å². The maximum atomic E-state index is 12.5. The van der Waals surface area contributed by atoms with E-state index in [9.17, 15) is 20.0 Å². The summed E-state index contributed by atoms with van der Waals surface area (Å²) >= 11 is 0. The number of ketones is 1. The molecule has 3 rings (SSSR count). The van der Waals surface area contributed by atoms with Crippen LogP contribution in [0.5, 0.6) is 17.2 Å². The van der Waals surface area contributed by atoms with Gasteiger partial charge in [0.2, 0.25) is 0 Å². The molecule has 0 saturated carbocycles. The molecule has 0 atom stereocenters. The largest absolute Gasteiger partial charge is 0.865 e. The fourth-order valence-corrected chi connectivity index (χ4v) is 2.76. The molecular weight excluding hydrogens is 362 g/mol. The summed E-state index contributed by atoms with van der Waals surface area (Å²) in [7, 11) is 2.84. The van der Waals surface area contributed by atoms with Gasteiger partial charge in [0, 0.05) is 17.4 Å². The Balaban J connectivity index is 1.90. The van der Waals surface area contributed by atoms with Crippen LogP contribution >= 0.6 is 0 Å². The summed E-state index contributed by atoms with van der Waals surface area (Å²) in [5, 5.41) is 24.7. The predicted octanol–water partition coefficient (Wildman–Crippen LogP) is 3.73. The van der Waals surface area contributed by atoms with Crippen LogP contribution in [0.4, 0.5) is 5.69 Å². The van der Waals surface area contributed by atoms with Crippen molar-refractivity contribution in [1.29, 1.82) is 0 Å². The monoisotopic (exact) mass is 378 g/mol. The maximum Gasteiger partial charge on any atom is 0.266 e. The molecule has 7 nitrogen and oxygen atoms in total. The van der Waals surface area contributed by atoms with Crippen LogP contribution in [0.3, 0.4) is 0 Å². The lowest BCUT2D eigenvalue weighted by Crippen LogP contribution is -2.01. The SMILES string of the molecule is COc1ccc2cc(C(=O)/C=C/c3cc(OC)c([O-])c([N+](=O)[O-])c3)ccc2c1. The minimum Gasteiger partial charge on any atom is -0.865 e. The third-order valence-corrected chi connectivity index (χ3v) is 4.23. The Bertz CT molecular complexity index is 1100. The van der Waals surface area contributed by atoms with Crippen LogP contribution in [-0.4, -0.2) is 24.9 Å². The number of allylic oxidation sites excluding steroid dienone is 1. The highest BCUT2D eigenvalue weighted by Gasteiger charge is 2.13. The third-order valence-electron chi connectivity index (χ3n) is 4.23. The first-order valence-corrected chi connectivity index (χ1v) is 8.26. The first-order chi connectivity index (χ1) is 13.4. The van der Waals surface area contributed by atoms with E-state index in [-0.39, 0.29) is 11.5 Å². The number of nitro groups is 1. The number of nitrogens with zero attached hydrogens (tertiary/aromatic N) is 1. The van der Waals surface area contributed by atoms with Crippen molar-refractivity contribution in [3.8, 4) is 17.2 Å². The fraction of sp³-hybridized carbons (Fsp3) is 0.0952. The second-order valence-electron chi connectivity index (χ2n) is 5.95. The highest BCUT2D eigenvalue weighted by atomic mass is 16.6. The van der Waals surface area contributed by atoms with Gasteiger partial charge in [0.05, 0.1) is 19.1 Å². The normalized spacial score (nSPS) is 10.9. The molecule has 28 heavy (non-hydrogen) atoms. The summed E-state index contributed by atoms with van der Waals surface area (Å²) in [4.78, 5) is 22.7. The highest BCUT2D eigenvalue weighted by molar-refractivity contribution is 6.08. The average Bonchev–Trinajstić information content (AvgIpc) is 2.71. The molecular formula is C21H16NO6-. The van der Waals surface area contributed by atoms with E-state index in [1.165, 1.54) is 25.3 Å². The van der Waals surface area contributed by atoms with Crippen molar-refractivity contribution in [3.63, 3.8) is 0 Å². The maximum absolute atomic E-state index is 12.5. The highest BCUT2D eigenvalue weighted by Crippen LogP contribution is 2.35. The number of hydrogen-bond acceptors (Lipinski definition) is 6. The molecule has 142 valence electrons. The lowest BCUT2D eigenvalue weighted by Gasteiger charge is -2.13. The zero-order valence-electron chi connectivity index (χ0n) is 15.2. The van der Waals surface area contributed by atoms with Crippen LogP contribution in [0.1, 0.15) is 15.9 Å². The van der Waals surface area contributed by atoms with E-state index < -0.39 is 16.4 Å². The molecule has 7 heteroatoms. The van der Waals surface area contributed by atoms with Gasteiger partial charge >= 0.3 is 0 Å². The Labute approximate surface area is 160 Å². The van der Waals surface area contributed by atoms with Crippen LogP contribution in [-0.2, 0) is 0 Å². The van der Waals surface area contributed by atoms with Gasteiger partial charge in [-0.15, -0.1) is 0 Å². The molecule has 0 aliphatic carbocycles. The molecule has 0 spiro atoms. The summed E-state index contributed by atoms with van der Waals surface area (Å²) in [5.41, 5.74) is 0.184. The molecule has 0 aliphatic heterocycles. The second kappa shape index (κ2) is 7.79. The summed E-state index contributed by atoms with van der Waals surface area (Å²) in [6.45, 7) is 0. The Kier molecular flexibility index (Phi) is 5.26. The zero-order chi connectivity index (χ0) is 20.3. The Hall–Kier alpha value is -3.87. The van der Waals surface area contributed by atoms with E-state index in [0.29, 0.717) is 11.1 Å². The molecule has 0 N–H and O–H groups in total. The lowest BCUT2D eigenvalue weighted by atomic mass is 10.0. The second-order valence-corrected chi connectivity index (χ2v) is 5.95. The van der Waals surface area contributed by atoms with Crippen molar-refractivity contribution in [2.45, 2.75) is 0 Å². The fourth-order valence-electron chi connectivity index (χ4n) is 2.76. The van der Waals surface area contributed by atoms with Gasteiger partial charge in [-0.25, -0.2) is 0 Å². The number of ether oxygens (including phenoxy) is 2. The van der Waals surface area contributed by atoms with E-state index in [0.717, 1.165) is 22.6 Å². The number of methoxy groups -OCH3 is 2. The van der Waals surface area contributed by atoms with Crippen molar-refractivity contribution in [2.75, 3.05) is 14.2 Å². The van der Waals surface area contributed by atoms with E-state index in [1.54, 1.807) is 19.2 Å². The minimum atomic E-state index is -0.805. The summed E-state index contributed by atoms with van der Waals surface area (Å²) in [6.07, 6.45) is 2.71. The lowest BCUT2D eigenvalue weighted by molar-refractivity contribution is -0.398. The third kappa shape index (κ3) is 3.78. The molecule has 0 heterocycles. The smallest absolute Gasteiger partial charge is 0.266 e. The Morgan fingerprint density at radius 3 is 2.39 bits per heavy atom. The van der Waals surface area contributed by atoms with E-state index >= 15 is 0 Å². The number of fused-ring (bicyclic) bond motifs is 1. The number of benzene rings is 3. The van der Waals surface area contributed by atoms with Crippen molar-refractivity contribution in [1.82, 2.24) is 0 Å². The molecule has 3 aromatic carbocycles. The van der Waals surface area contributed by atoms with Gasteiger partial charge in [-0.1, -0.05) is 24.3 Å². The van der Waals surface area contributed by atoms with E-state index in [1.807, 2.05) is 24.3 Å². The van der Waals surface area contributed by atoms with Gasteiger partial charge in [-0.05, 0) is 46.7 Å². The Morgan fingerprint density at radius 1 is 1.00 bits per heavy atom. The summed E-state index contributed by atoms with van der Waals surface area (Å²) < 4.78 is 10.1. The van der Waals surface area contributed by atoms with Crippen LogP contribution in [0.25, 0.3) is 16.8 Å². The molecule has 0 unspecified atom stereocenters. The molecule has 0 amide bonds. The number of carbonyl (C=O) groups excluding carboxylic acids is 1. The van der Waals surface area contributed by atoms with Gasteiger partial charge < -0.3 is 14.6 Å². The predicted molar refractivity (Wildman–Crippen MR) is 103 cm³/mol. The summed E-state index contributed by atoms with van der Waals surface area (Å²) in [6, 6.07) is 13.3. The van der Waals surface area contributed by atoms with Crippen LogP contribution in [0.2, 0.25) is 0 Å². The zero-order valence-corrected chi connectivity index (χ0v) is 15.2. The number of hydrogen-bond donors (Lipinski definition) is 0. The van der Waals surface area contributed by atoms with Crippen molar-refractivity contribution < 1.29 is 24.3 Å². The topological polar surface area (TPSA) is 102 Å². The number of nitro benzene ring substituents is 1. The number of carbonyl (C=O) groups is 1. The van der Waals surface area contributed by atoms with Crippen molar-refractivity contribution in [2.24, 2.45) is 0 Å². The van der Waals surface area contributed by atoms with Crippen LogP contribution in [0, 0.1) is 10.1 Å². The molecule has 0 bridgehead atoms. The molecule has 0 aromatic heterocycles. The van der Waals surface area contributed by atoms with E-state index in [2.05, 4.69) is 0 Å². The molecule has 0 fully saturated rings. The standard InChI is InChI=1S/C21H17NO6/c1-27-17-7-6-14-11-16(5-4-15(14)12-17)19(23)8-3-13-9-18(22(25)26)21(24)20(10-13)28-2/h3-12,24H,1-2H3/p-1/b8-3+. The summed E-state index contributed by atoms with van der Waals surface area (Å²) in [5.74, 6) is -0.503. The average molecular weight is 378 g/mol. The number of rotatable bonds is 6.